The lowest BCUT2D eigenvalue weighted by atomic mass is 9.65. The molecule has 3 fully saturated rings. The second-order valence-electron chi connectivity index (χ2n) is 10.3. The van der Waals surface area contributed by atoms with E-state index in [4.69, 9.17) is 4.74 Å². The van der Waals surface area contributed by atoms with Gasteiger partial charge in [0, 0.05) is 6.42 Å². The summed E-state index contributed by atoms with van der Waals surface area (Å²) in [5.41, 5.74) is 0. The molecular formula is C26H46O2. The normalized spacial score (nSPS) is 36.8. The summed E-state index contributed by atoms with van der Waals surface area (Å²) < 4.78 is 5.68. The van der Waals surface area contributed by atoms with E-state index < -0.39 is 0 Å². The Hall–Kier alpha value is -0.530. The van der Waals surface area contributed by atoms with E-state index in [1.165, 1.54) is 89.9 Å². The lowest BCUT2D eigenvalue weighted by Gasteiger charge is -2.41. The van der Waals surface area contributed by atoms with Crippen LogP contribution in [0.1, 0.15) is 123 Å². The monoisotopic (exact) mass is 390 g/mol. The standard InChI is InChI=1S/C26H46O2/c1-3-5-6-8-20-11-13-21(14-12-20)22-15-17-23(18-16-22)24-9-7-10-25(19-24)28-26(27)4-2/h20-25H,3-19H2,1-2H3/t20-,21-,22?,23?,24-,25+/m0/s1. The molecule has 0 saturated heterocycles. The van der Waals surface area contributed by atoms with Crippen LogP contribution < -0.4 is 0 Å². The Morgan fingerprint density at radius 3 is 1.96 bits per heavy atom. The zero-order chi connectivity index (χ0) is 19.8. The van der Waals surface area contributed by atoms with Crippen molar-refractivity contribution in [3.63, 3.8) is 0 Å². The van der Waals surface area contributed by atoms with Gasteiger partial charge in [0.1, 0.15) is 6.10 Å². The fraction of sp³-hybridized carbons (Fsp3) is 0.962. The Morgan fingerprint density at radius 1 is 0.750 bits per heavy atom. The molecule has 2 atom stereocenters. The van der Waals surface area contributed by atoms with E-state index in [-0.39, 0.29) is 12.1 Å². The lowest BCUT2D eigenvalue weighted by Crippen LogP contribution is -2.32. The minimum atomic E-state index is -0.000319. The van der Waals surface area contributed by atoms with Gasteiger partial charge in [0.15, 0.2) is 0 Å². The number of ether oxygens (including phenoxy) is 1. The Morgan fingerprint density at radius 2 is 1.36 bits per heavy atom. The summed E-state index contributed by atoms with van der Waals surface area (Å²) in [6.45, 7) is 4.22. The smallest absolute Gasteiger partial charge is 0.305 e. The number of rotatable bonds is 8. The Bertz CT molecular complexity index is 443. The van der Waals surface area contributed by atoms with Gasteiger partial charge in [0.2, 0.25) is 0 Å². The van der Waals surface area contributed by atoms with Crippen LogP contribution in [-0.4, -0.2) is 12.1 Å². The van der Waals surface area contributed by atoms with E-state index in [9.17, 15) is 4.79 Å². The molecule has 0 aromatic carbocycles. The zero-order valence-corrected chi connectivity index (χ0v) is 18.8. The Balaban J connectivity index is 1.36. The van der Waals surface area contributed by atoms with Crippen LogP contribution in [0.15, 0.2) is 0 Å². The summed E-state index contributed by atoms with van der Waals surface area (Å²) in [5.74, 6) is 4.82. The second-order valence-corrected chi connectivity index (χ2v) is 10.3. The molecule has 0 aromatic heterocycles. The summed E-state index contributed by atoms with van der Waals surface area (Å²) in [6, 6.07) is 0. The maximum Gasteiger partial charge on any atom is 0.305 e. The van der Waals surface area contributed by atoms with Crippen molar-refractivity contribution in [3.8, 4) is 0 Å². The average Bonchev–Trinajstić information content (AvgIpc) is 2.75. The number of unbranched alkanes of at least 4 members (excludes halogenated alkanes) is 2. The molecular weight excluding hydrogens is 344 g/mol. The van der Waals surface area contributed by atoms with Gasteiger partial charge in [-0.2, -0.15) is 0 Å². The number of esters is 1. The van der Waals surface area contributed by atoms with Crippen LogP contribution in [0.25, 0.3) is 0 Å². The minimum absolute atomic E-state index is 0.000319. The van der Waals surface area contributed by atoms with Gasteiger partial charge in [-0.3, -0.25) is 4.79 Å². The molecule has 0 bridgehead atoms. The molecule has 3 rings (SSSR count). The summed E-state index contributed by atoms with van der Waals surface area (Å²) in [6.07, 6.45) is 23.3. The van der Waals surface area contributed by atoms with Crippen molar-refractivity contribution in [3.05, 3.63) is 0 Å². The predicted octanol–water partition coefficient (Wildman–Crippen LogP) is 7.69. The predicted molar refractivity (Wildman–Crippen MR) is 117 cm³/mol. The van der Waals surface area contributed by atoms with E-state index >= 15 is 0 Å². The molecule has 0 unspecified atom stereocenters. The van der Waals surface area contributed by atoms with E-state index in [0.717, 1.165) is 42.4 Å². The first-order chi connectivity index (χ1) is 13.7. The van der Waals surface area contributed by atoms with Crippen molar-refractivity contribution < 1.29 is 9.53 Å². The Labute approximate surface area is 174 Å². The van der Waals surface area contributed by atoms with Crippen molar-refractivity contribution in [1.29, 1.82) is 0 Å². The van der Waals surface area contributed by atoms with E-state index in [2.05, 4.69) is 6.92 Å². The molecule has 0 aromatic rings. The van der Waals surface area contributed by atoms with Crippen LogP contribution in [0.3, 0.4) is 0 Å². The molecule has 0 radical (unpaired) electrons. The van der Waals surface area contributed by atoms with Gasteiger partial charge < -0.3 is 4.74 Å². The number of carbonyl (C=O) groups is 1. The van der Waals surface area contributed by atoms with Crippen molar-refractivity contribution >= 4 is 5.97 Å². The van der Waals surface area contributed by atoms with E-state index in [1.807, 2.05) is 6.92 Å². The van der Waals surface area contributed by atoms with Gasteiger partial charge in [-0.1, -0.05) is 52.4 Å². The first-order valence-corrected chi connectivity index (χ1v) is 12.9. The molecule has 3 aliphatic carbocycles. The first-order valence-electron chi connectivity index (χ1n) is 12.9. The van der Waals surface area contributed by atoms with Gasteiger partial charge >= 0.3 is 5.97 Å². The fourth-order valence-corrected chi connectivity index (χ4v) is 6.70. The molecule has 0 aliphatic heterocycles. The fourth-order valence-electron chi connectivity index (χ4n) is 6.70. The van der Waals surface area contributed by atoms with E-state index in [0.29, 0.717) is 6.42 Å². The Kier molecular flexibility index (Phi) is 9.18. The van der Waals surface area contributed by atoms with Crippen LogP contribution in [0.4, 0.5) is 0 Å². The van der Waals surface area contributed by atoms with Crippen molar-refractivity contribution in [1.82, 2.24) is 0 Å². The molecule has 3 aliphatic rings. The van der Waals surface area contributed by atoms with Crippen molar-refractivity contribution in [2.24, 2.45) is 29.6 Å². The summed E-state index contributed by atoms with van der Waals surface area (Å²) >= 11 is 0. The topological polar surface area (TPSA) is 26.3 Å². The highest BCUT2D eigenvalue weighted by molar-refractivity contribution is 5.69. The molecule has 2 heteroatoms. The van der Waals surface area contributed by atoms with Gasteiger partial charge in [-0.15, -0.1) is 0 Å². The second kappa shape index (κ2) is 11.6. The lowest BCUT2D eigenvalue weighted by molar-refractivity contribution is -0.151. The summed E-state index contributed by atoms with van der Waals surface area (Å²) in [5, 5.41) is 0. The third-order valence-corrected chi connectivity index (χ3v) is 8.51. The highest BCUT2D eigenvalue weighted by atomic mass is 16.5. The number of hydrogen-bond donors (Lipinski definition) is 0. The van der Waals surface area contributed by atoms with Gasteiger partial charge in [-0.25, -0.2) is 0 Å². The maximum atomic E-state index is 11.7. The van der Waals surface area contributed by atoms with Crippen LogP contribution in [0.5, 0.6) is 0 Å². The van der Waals surface area contributed by atoms with Crippen LogP contribution in [-0.2, 0) is 9.53 Å². The molecule has 0 spiro atoms. The number of carbonyl (C=O) groups excluding carboxylic acids is 1. The van der Waals surface area contributed by atoms with Crippen molar-refractivity contribution in [2.75, 3.05) is 0 Å². The number of hydrogen-bond acceptors (Lipinski definition) is 2. The van der Waals surface area contributed by atoms with Crippen molar-refractivity contribution in [2.45, 2.75) is 129 Å². The highest BCUT2D eigenvalue weighted by Gasteiger charge is 2.35. The van der Waals surface area contributed by atoms with Gasteiger partial charge in [0.25, 0.3) is 0 Å². The van der Waals surface area contributed by atoms with Crippen LogP contribution >= 0.6 is 0 Å². The van der Waals surface area contributed by atoms with Crippen LogP contribution in [0, 0.1) is 29.6 Å². The molecule has 0 N–H and O–H groups in total. The molecule has 0 amide bonds. The zero-order valence-electron chi connectivity index (χ0n) is 18.8. The minimum Gasteiger partial charge on any atom is -0.462 e. The average molecular weight is 391 g/mol. The molecule has 2 nitrogen and oxygen atoms in total. The van der Waals surface area contributed by atoms with E-state index in [1.54, 1.807) is 0 Å². The largest absolute Gasteiger partial charge is 0.462 e. The molecule has 3 saturated carbocycles. The third kappa shape index (κ3) is 6.49. The summed E-state index contributed by atoms with van der Waals surface area (Å²) in [4.78, 5) is 11.7. The van der Waals surface area contributed by atoms with Crippen LogP contribution in [0.2, 0.25) is 0 Å². The first kappa shape index (κ1) is 22.2. The third-order valence-electron chi connectivity index (χ3n) is 8.51. The maximum absolute atomic E-state index is 11.7. The quantitative estimate of drug-likeness (QED) is 0.313. The summed E-state index contributed by atoms with van der Waals surface area (Å²) in [7, 11) is 0. The SMILES string of the molecule is CCCCC[C@H]1CC[C@H](C2CCC([C@H]3CCC[C@@H](OC(=O)CC)C3)CC2)CC1. The molecule has 162 valence electrons. The molecule has 0 heterocycles. The van der Waals surface area contributed by atoms with Gasteiger partial charge in [-0.05, 0) is 93.8 Å². The highest BCUT2D eigenvalue weighted by Crippen LogP contribution is 2.46. The molecule has 28 heavy (non-hydrogen) atoms. The van der Waals surface area contributed by atoms with Gasteiger partial charge in [0.05, 0.1) is 0 Å².